The van der Waals surface area contributed by atoms with Crippen molar-refractivity contribution in [3.05, 3.63) is 59.9 Å². The van der Waals surface area contributed by atoms with E-state index in [-0.39, 0.29) is 24.4 Å². The van der Waals surface area contributed by atoms with Crippen LogP contribution in [0.15, 0.2) is 48.5 Å². The molecule has 0 radical (unpaired) electrons. The van der Waals surface area contributed by atoms with Gasteiger partial charge in [0.25, 0.3) is 0 Å². The van der Waals surface area contributed by atoms with Crippen molar-refractivity contribution in [3.8, 4) is 17.2 Å². The average molecular weight is 367 g/mol. The van der Waals surface area contributed by atoms with Gasteiger partial charge in [0.1, 0.15) is 11.9 Å². The molecule has 2 aromatic rings. The lowest BCUT2D eigenvalue weighted by Crippen LogP contribution is -2.67. The SMILES string of the molecule is CCCNC(=O)N1[C@H](C#N)[C@H](c2ccc(-c3ccccc3F)cc2)[C@@H]1CO. The fourth-order valence-electron chi connectivity index (χ4n) is 3.59. The van der Waals surface area contributed by atoms with Crippen molar-refractivity contribution in [2.24, 2.45) is 0 Å². The van der Waals surface area contributed by atoms with Crippen LogP contribution in [-0.2, 0) is 0 Å². The maximum atomic E-state index is 14.0. The average Bonchev–Trinajstić information content (AvgIpc) is 2.67. The molecule has 6 heteroatoms. The molecule has 3 rings (SSSR count). The quantitative estimate of drug-likeness (QED) is 0.852. The number of urea groups is 1. The Morgan fingerprint density at radius 3 is 2.56 bits per heavy atom. The number of carbonyl (C=O) groups excluding carboxylic acids is 1. The van der Waals surface area contributed by atoms with Crippen molar-refractivity contribution in [3.63, 3.8) is 0 Å². The molecule has 2 amide bonds. The normalized spacial score (nSPS) is 21.3. The first kappa shape index (κ1) is 18.9. The second-order valence-corrected chi connectivity index (χ2v) is 6.59. The number of nitriles is 1. The Kier molecular flexibility index (Phi) is 5.72. The summed E-state index contributed by atoms with van der Waals surface area (Å²) >= 11 is 0. The highest BCUT2D eigenvalue weighted by molar-refractivity contribution is 5.77. The number of aliphatic hydroxyl groups excluding tert-OH is 1. The molecule has 0 aromatic heterocycles. The zero-order valence-corrected chi connectivity index (χ0v) is 15.1. The minimum Gasteiger partial charge on any atom is -0.394 e. The maximum absolute atomic E-state index is 14.0. The molecule has 27 heavy (non-hydrogen) atoms. The molecule has 1 heterocycles. The molecule has 1 saturated heterocycles. The molecular weight excluding hydrogens is 345 g/mol. The van der Waals surface area contributed by atoms with Crippen molar-refractivity contribution in [2.75, 3.05) is 13.2 Å². The Balaban J connectivity index is 1.82. The zero-order valence-electron chi connectivity index (χ0n) is 15.1. The van der Waals surface area contributed by atoms with E-state index in [0.29, 0.717) is 12.1 Å². The summed E-state index contributed by atoms with van der Waals surface area (Å²) in [5.41, 5.74) is 2.09. The predicted octanol–water partition coefficient (Wildman–Crippen LogP) is 3.26. The fraction of sp³-hybridized carbons (Fsp3) is 0.333. The van der Waals surface area contributed by atoms with E-state index >= 15 is 0 Å². The number of likely N-dealkylation sites (tertiary alicyclic amines) is 1. The van der Waals surface area contributed by atoms with Gasteiger partial charge in [0.05, 0.1) is 18.7 Å². The van der Waals surface area contributed by atoms with Crippen molar-refractivity contribution >= 4 is 6.03 Å². The number of benzene rings is 2. The summed E-state index contributed by atoms with van der Waals surface area (Å²) in [6, 6.07) is 14.6. The van der Waals surface area contributed by atoms with Crippen LogP contribution in [0.1, 0.15) is 24.8 Å². The van der Waals surface area contributed by atoms with E-state index < -0.39 is 12.1 Å². The number of amides is 2. The van der Waals surface area contributed by atoms with Crippen LogP contribution in [0.2, 0.25) is 0 Å². The van der Waals surface area contributed by atoms with Gasteiger partial charge in [0.15, 0.2) is 0 Å². The summed E-state index contributed by atoms with van der Waals surface area (Å²) in [7, 11) is 0. The molecule has 3 atom stereocenters. The monoisotopic (exact) mass is 367 g/mol. The van der Waals surface area contributed by atoms with Crippen LogP contribution < -0.4 is 5.32 Å². The molecule has 1 fully saturated rings. The third kappa shape index (κ3) is 3.51. The molecule has 2 N–H and O–H groups in total. The van der Waals surface area contributed by atoms with Crippen LogP contribution in [0, 0.1) is 17.1 Å². The van der Waals surface area contributed by atoms with E-state index in [1.807, 2.05) is 19.1 Å². The Morgan fingerprint density at radius 1 is 1.26 bits per heavy atom. The van der Waals surface area contributed by atoms with Gasteiger partial charge in [-0.15, -0.1) is 0 Å². The largest absolute Gasteiger partial charge is 0.394 e. The van der Waals surface area contributed by atoms with E-state index in [1.54, 1.807) is 30.3 Å². The molecule has 1 aliphatic heterocycles. The standard InChI is InChI=1S/C21H22FN3O2/c1-2-11-24-21(27)25-18(12-23)20(19(25)13-26)15-9-7-14(8-10-15)16-5-3-4-6-17(16)22/h3-10,18-20,26H,2,11,13H2,1H3,(H,24,27)/t18-,19+,20+/m1/s1. The molecule has 0 spiro atoms. The molecule has 0 unspecified atom stereocenters. The number of halogens is 1. The first-order valence-electron chi connectivity index (χ1n) is 9.03. The van der Waals surface area contributed by atoms with Gasteiger partial charge in [-0.2, -0.15) is 5.26 Å². The van der Waals surface area contributed by atoms with Crippen LogP contribution >= 0.6 is 0 Å². The summed E-state index contributed by atoms with van der Waals surface area (Å²) < 4.78 is 14.0. The number of rotatable bonds is 5. The van der Waals surface area contributed by atoms with Crippen molar-refractivity contribution in [2.45, 2.75) is 31.3 Å². The lowest BCUT2D eigenvalue weighted by atomic mass is 9.76. The molecular formula is C21H22FN3O2. The minimum atomic E-state index is -0.640. The summed E-state index contributed by atoms with van der Waals surface area (Å²) in [5.74, 6) is -0.571. The third-order valence-corrected chi connectivity index (χ3v) is 4.97. The Labute approximate surface area is 158 Å². The van der Waals surface area contributed by atoms with Gasteiger partial charge >= 0.3 is 6.03 Å². The minimum absolute atomic E-state index is 0.225. The highest BCUT2D eigenvalue weighted by atomic mass is 19.1. The van der Waals surface area contributed by atoms with Crippen LogP contribution in [0.5, 0.6) is 0 Å². The first-order chi connectivity index (χ1) is 13.1. The van der Waals surface area contributed by atoms with Crippen molar-refractivity contribution in [1.29, 1.82) is 5.26 Å². The molecule has 0 saturated carbocycles. The van der Waals surface area contributed by atoms with E-state index in [0.717, 1.165) is 17.5 Å². The lowest BCUT2D eigenvalue weighted by Gasteiger charge is -2.51. The van der Waals surface area contributed by atoms with Crippen LogP contribution in [0.3, 0.4) is 0 Å². The molecule has 140 valence electrons. The third-order valence-electron chi connectivity index (χ3n) is 4.97. The van der Waals surface area contributed by atoms with Gasteiger partial charge in [-0.25, -0.2) is 9.18 Å². The number of nitrogens with one attached hydrogen (secondary N) is 1. The highest BCUT2D eigenvalue weighted by Gasteiger charge is 2.51. The number of carbonyl (C=O) groups is 1. The Morgan fingerprint density at radius 2 is 1.96 bits per heavy atom. The van der Waals surface area contributed by atoms with Crippen molar-refractivity contribution in [1.82, 2.24) is 10.2 Å². The summed E-state index contributed by atoms with van der Waals surface area (Å²) in [4.78, 5) is 13.7. The Bertz CT molecular complexity index is 847. The molecule has 0 bridgehead atoms. The predicted molar refractivity (Wildman–Crippen MR) is 100 cm³/mol. The molecule has 2 aromatic carbocycles. The maximum Gasteiger partial charge on any atom is 0.318 e. The molecule has 5 nitrogen and oxygen atoms in total. The highest BCUT2D eigenvalue weighted by Crippen LogP contribution is 2.41. The number of nitrogens with zero attached hydrogens (tertiary/aromatic N) is 2. The fourth-order valence-corrected chi connectivity index (χ4v) is 3.59. The van der Waals surface area contributed by atoms with E-state index in [9.17, 15) is 19.6 Å². The van der Waals surface area contributed by atoms with E-state index in [4.69, 9.17) is 0 Å². The van der Waals surface area contributed by atoms with Crippen LogP contribution in [0.25, 0.3) is 11.1 Å². The van der Waals surface area contributed by atoms with Gasteiger partial charge in [-0.1, -0.05) is 49.4 Å². The molecule has 1 aliphatic rings. The first-order valence-corrected chi connectivity index (χ1v) is 9.03. The Hall–Kier alpha value is -2.91. The van der Waals surface area contributed by atoms with E-state index in [1.165, 1.54) is 11.0 Å². The zero-order chi connectivity index (χ0) is 19.4. The summed E-state index contributed by atoms with van der Waals surface area (Å²) in [6.45, 7) is 2.24. The van der Waals surface area contributed by atoms with Crippen LogP contribution in [-0.4, -0.2) is 41.3 Å². The van der Waals surface area contributed by atoms with Gasteiger partial charge in [0, 0.05) is 18.0 Å². The number of aliphatic hydroxyl groups is 1. The number of hydrogen-bond donors (Lipinski definition) is 2. The van der Waals surface area contributed by atoms with Gasteiger partial charge in [-0.05, 0) is 23.6 Å². The van der Waals surface area contributed by atoms with E-state index in [2.05, 4.69) is 11.4 Å². The van der Waals surface area contributed by atoms with Crippen LogP contribution in [0.4, 0.5) is 9.18 Å². The topological polar surface area (TPSA) is 76.4 Å². The van der Waals surface area contributed by atoms with Crippen molar-refractivity contribution < 1.29 is 14.3 Å². The number of hydrogen-bond acceptors (Lipinski definition) is 3. The summed E-state index contributed by atoms with van der Waals surface area (Å²) in [6.07, 6.45) is 0.793. The summed E-state index contributed by atoms with van der Waals surface area (Å²) in [5, 5.41) is 22.1. The smallest absolute Gasteiger partial charge is 0.318 e. The lowest BCUT2D eigenvalue weighted by molar-refractivity contribution is 0.0169. The van der Waals surface area contributed by atoms with Gasteiger partial charge in [-0.3, -0.25) is 0 Å². The van der Waals surface area contributed by atoms with Gasteiger partial charge < -0.3 is 15.3 Å². The second kappa shape index (κ2) is 8.19. The van der Waals surface area contributed by atoms with Gasteiger partial charge in [0.2, 0.25) is 0 Å². The molecule has 0 aliphatic carbocycles. The second-order valence-electron chi connectivity index (χ2n) is 6.59.